The number of rotatable bonds is 22. The maximum atomic E-state index is 12.6. The molecule has 0 unspecified atom stereocenters. The Morgan fingerprint density at radius 2 is 0.736 bits per heavy atom. The molecule has 40 heteroatoms. The van der Waals surface area contributed by atoms with Gasteiger partial charge in [-0.05, 0) is 126 Å². The average molecular weight is 2190 g/mol. The third-order valence-corrected chi connectivity index (χ3v) is 18.8. The van der Waals surface area contributed by atoms with Gasteiger partial charge in [-0.3, -0.25) is 29.0 Å². The molecule has 2 N–H and O–H groups in total. The van der Waals surface area contributed by atoms with Gasteiger partial charge in [-0.25, -0.2) is 24.5 Å². The molecule has 2 fully saturated rings. The minimum Gasteiger partial charge on any atom is -0.497 e. The van der Waals surface area contributed by atoms with Gasteiger partial charge in [0, 0.05) is 380 Å². The van der Waals surface area contributed by atoms with E-state index in [9.17, 15) is 9.59 Å². The second kappa shape index (κ2) is 54.6. The van der Waals surface area contributed by atoms with Crippen molar-refractivity contribution in [1.29, 1.82) is 0 Å². The summed E-state index contributed by atoms with van der Waals surface area (Å²) in [6.45, 7) is 11.3. The van der Waals surface area contributed by atoms with Gasteiger partial charge in [0.2, 0.25) is 0 Å². The Kier molecular flexibility index (Phi) is 51.8. The SMILES string of the molecule is CNC(=O)OCCN(c1cc(OC)cc(OC)c1)c1ccc2ncc(-c3cnn(C)c3)nc2c1.COc1cc(OC)cc(N(CC2CCN(C(=O)OC(C)(C)C)CC2)c2ccc3ncc(-c4cnn(C)c4)nc3c2)c1.COc1cc(OC)cc(N(CC2CCNCC2)c2ccc3ncc(-c4cnn(C)c4)nc3c2)c1.[Co].[Co].[Co].[Co].[Co].[Co].[Co].[Co].[Co].[Co].[Co].[Co]. The van der Waals surface area contributed by atoms with Crippen LogP contribution in [0.25, 0.3) is 66.9 Å². The maximum absolute atomic E-state index is 12.6. The Labute approximate surface area is 829 Å². The number of likely N-dealkylation sites (tertiary alicyclic amines) is 1. The summed E-state index contributed by atoms with van der Waals surface area (Å²) in [6, 6.07) is 35.7. The number of carbonyl (C=O) groups excluding carboxylic acids is 2. The number of nitrogens with one attached hydrogen (secondary N) is 2. The molecular formula is C81H94Co12N18O10. The molecule has 0 saturated carbocycles. The quantitative estimate of drug-likeness (QED) is 0.0638. The molecule has 0 atom stereocenters. The van der Waals surface area contributed by atoms with E-state index in [0.717, 1.165) is 164 Å². The van der Waals surface area contributed by atoms with Crippen LogP contribution in [-0.4, -0.2) is 184 Å². The number of benzene rings is 6. The fourth-order valence-electron chi connectivity index (χ4n) is 13.1. The molecule has 2 saturated heterocycles. The summed E-state index contributed by atoms with van der Waals surface area (Å²) in [5.74, 6) is 5.19. The van der Waals surface area contributed by atoms with Gasteiger partial charge in [0.15, 0.2) is 0 Å². The first-order chi connectivity index (χ1) is 52.7. The van der Waals surface area contributed by atoms with Crippen LogP contribution in [0.15, 0.2) is 165 Å². The van der Waals surface area contributed by atoms with Crippen molar-refractivity contribution in [1.82, 2.24) is 74.8 Å². The number of amides is 2. The monoisotopic (exact) mass is 2190 g/mol. The average Bonchev–Trinajstić information content (AvgIpc) is 1.61. The Balaban J connectivity index is 0.00000171. The number of ether oxygens (including phenoxy) is 8. The number of alkyl carbamates (subject to hydrolysis) is 1. The maximum Gasteiger partial charge on any atom is 0.410 e. The molecule has 2 aliphatic rings. The van der Waals surface area contributed by atoms with Gasteiger partial charge in [-0.2, -0.15) is 15.3 Å². The zero-order chi connectivity index (χ0) is 76.7. The molecule has 2 aliphatic heterocycles. The minimum atomic E-state index is -0.508. The normalized spacial score (nSPS) is 11.9. The predicted octanol–water partition coefficient (Wildman–Crippen LogP) is 13.5. The van der Waals surface area contributed by atoms with Crippen molar-refractivity contribution < 1.29 is 249 Å². The van der Waals surface area contributed by atoms with Crippen LogP contribution < -0.4 is 53.8 Å². The van der Waals surface area contributed by atoms with Gasteiger partial charge in [0.1, 0.15) is 46.7 Å². The molecular weight excluding hydrogens is 2090 g/mol. The van der Waals surface area contributed by atoms with Crippen LogP contribution in [0, 0.1) is 11.8 Å². The number of methoxy groups -OCH3 is 6. The fraction of sp³-hybridized carbons (Fsp3) is 0.346. The van der Waals surface area contributed by atoms with E-state index in [1.54, 1.807) is 93.8 Å². The van der Waals surface area contributed by atoms with Gasteiger partial charge in [0.05, 0.1) is 137 Å². The molecule has 0 bridgehead atoms. The second-order valence-corrected chi connectivity index (χ2v) is 27.6. The largest absolute Gasteiger partial charge is 0.497 e. The summed E-state index contributed by atoms with van der Waals surface area (Å²) >= 11 is 0. The van der Waals surface area contributed by atoms with E-state index in [0.29, 0.717) is 54.5 Å². The number of aryl methyl sites for hydroxylation is 3. The van der Waals surface area contributed by atoms with Crippen molar-refractivity contribution in [3.63, 3.8) is 0 Å². The molecule has 121 heavy (non-hydrogen) atoms. The van der Waals surface area contributed by atoms with Gasteiger partial charge in [-0.15, -0.1) is 0 Å². The van der Waals surface area contributed by atoms with Crippen molar-refractivity contribution in [3.05, 3.63) is 165 Å². The van der Waals surface area contributed by atoms with Crippen LogP contribution in [0.3, 0.4) is 0 Å². The number of nitrogens with zero attached hydrogens (tertiary/aromatic N) is 16. The Morgan fingerprint density at radius 1 is 0.421 bits per heavy atom. The number of hydrogen-bond acceptors (Lipinski definition) is 23. The zero-order valence-corrected chi connectivity index (χ0v) is 80.5. The summed E-state index contributed by atoms with van der Waals surface area (Å²) in [7, 11) is 17.0. The molecule has 0 spiro atoms. The first-order valence-electron chi connectivity index (χ1n) is 36.1. The third-order valence-electron chi connectivity index (χ3n) is 18.8. The van der Waals surface area contributed by atoms with Crippen LogP contribution in [0.5, 0.6) is 34.5 Å². The number of piperidine rings is 2. The Bertz CT molecular complexity index is 5090. The summed E-state index contributed by atoms with van der Waals surface area (Å²) in [5.41, 5.74) is 15.1. The van der Waals surface area contributed by atoms with Crippen molar-refractivity contribution in [2.45, 2.75) is 52.1 Å². The fourth-order valence-corrected chi connectivity index (χ4v) is 13.1. The van der Waals surface area contributed by atoms with Crippen molar-refractivity contribution in [2.75, 3.05) is 117 Å². The summed E-state index contributed by atoms with van der Waals surface area (Å²) < 4.78 is 49.3. The van der Waals surface area contributed by atoms with Crippen molar-refractivity contribution in [3.8, 4) is 68.3 Å². The van der Waals surface area contributed by atoms with Crippen molar-refractivity contribution >= 4 is 79.4 Å². The van der Waals surface area contributed by atoms with E-state index in [1.807, 2.05) is 143 Å². The molecule has 6 aromatic heterocycles. The van der Waals surface area contributed by atoms with E-state index in [2.05, 4.69) is 87.1 Å². The Morgan fingerprint density at radius 3 is 1.03 bits per heavy atom. The van der Waals surface area contributed by atoms with E-state index >= 15 is 0 Å². The zero-order valence-electron chi connectivity index (χ0n) is 68.0. The molecule has 28 nitrogen and oxygen atoms in total. The number of fused-ring (bicyclic) bond motifs is 3. The number of carbonyl (C=O) groups is 2. The first-order valence-corrected chi connectivity index (χ1v) is 36.1. The summed E-state index contributed by atoms with van der Waals surface area (Å²) in [6.07, 6.45) is 19.7. The van der Waals surface area contributed by atoms with Crippen molar-refractivity contribution in [2.24, 2.45) is 33.0 Å². The smallest absolute Gasteiger partial charge is 0.410 e. The van der Waals surface area contributed by atoms with Gasteiger partial charge in [-0.1, -0.05) is 0 Å². The molecule has 12 radical (unpaired) electrons. The first kappa shape index (κ1) is 115. The van der Waals surface area contributed by atoms with E-state index < -0.39 is 11.7 Å². The number of hydrogen-bond donors (Lipinski definition) is 2. The van der Waals surface area contributed by atoms with Crippen LogP contribution in [0.2, 0.25) is 0 Å². The molecule has 2 amide bonds. The number of anilines is 6. The molecule has 12 aromatic rings. The summed E-state index contributed by atoms with van der Waals surface area (Å²) in [4.78, 5) is 61.1. The Hall–Kier alpha value is -6.25. The van der Waals surface area contributed by atoms with E-state index in [1.165, 1.54) is 7.05 Å². The molecule has 8 heterocycles. The van der Waals surface area contributed by atoms with Gasteiger partial charge >= 0.3 is 12.2 Å². The van der Waals surface area contributed by atoms with E-state index in [4.69, 9.17) is 52.8 Å². The summed E-state index contributed by atoms with van der Waals surface area (Å²) in [5, 5.41) is 18.7. The van der Waals surface area contributed by atoms with Gasteiger partial charge < -0.3 is 68.1 Å². The molecule has 6 aromatic carbocycles. The minimum absolute atomic E-state index is 0. The standard InChI is InChI=1S/C31H38N6O4.C26H30N6O2.C24H26N6O4.12Co/c1-31(2,3)41-30(38)36-11-9-21(10-12-36)19-37(24-13-25(39-5)16-26(14-24)40-6)23-7-8-27-28(15-23)34-29(18-32-27)22-17-33-35(4)20-22;1-31-17-19(14-29-31)26-15-28-24-5-4-20(12-25(24)30-26)32(16-18-6-8-27-9-7-18)21-10-22(33-2)13-23(11-21)34-3;1-25-24(31)34-8-7-30(18-9-19(32-3)12-20(10-18)33-4)17-5-6-21-22(11-17)28-23(14-26-21)16-13-27-29(2)15-16;;;;;;;;;;;;/h7-8,13-18,20-21H,9-12,19H2,1-6H3;4-5,10-15,17-18,27H,6-9,16H2,1-3H3;5-6,9-15H,7-8H2,1-4H3,(H,25,31);;;;;;;;;;;;. The third kappa shape index (κ3) is 31.1. The van der Waals surface area contributed by atoms with Crippen LogP contribution >= 0.6 is 0 Å². The van der Waals surface area contributed by atoms with Gasteiger partial charge in [0.25, 0.3) is 0 Å². The van der Waals surface area contributed by atoms with E-state index in [-0.39, 0.29) is 214 Å². The van der Waals surface area contributed by atoms with Crippen LogP contribution in [-0.2, 0) is 232 Å². The molecule has 676 valence electrons. The number of aromatic nitrogens is 12. The second-order valence-electron chi connectivity index (χ2n) is 27.6. The predicted molar refractivity (Wildman–Crippen MR) is 421 cm³/mol. The topological polar surface area (TPSA) is 276 Å². The van der Waals surface area contributed by atoms with Crippen LogP contribution in [0.4, 0.5) is 43.7 Å². The molecule has 0 aliphatic carbocycles. The van der Waals surface area contributed by atoms with Crippen LogP contribution in [0.1, 0.15) is 46.5 Å². The molecule has 14 rings (SSSR count).